The number of benzene rings is 5. The maximum atomic E-state index is 11.3. The van der Waals surface area contributed by atoms with E-state index in [4.69, 9.17) is 23.7 Å². The van der Waals surface area contributed by atoms with E-state index in [9.17, 15) is 25.5 Å². The fraction of sp³-hybridized carbons (Fsp3) is 0.388. The van der Waals surface area contributed by atoms with E-state index in [0.29, 0.717) is 54.9 Å². The first-order valence-electron chi connectivity index (χ1n) is 21.2. The van der Waals surface area contributed by atoms with Gasteiger partial charge in [-0.05, 0) is 60.7 Å². The van der Waals surface area contributed by atoms with Crippen molar-refractivity contribution in [2.45, 2.75) is 30.5 Å². The van der Waals surface area contributed by atoms with E-state index in [1.807, 2.05) is 161 Å². The topological polar surface area (TPSA) is 157 Å². The van der Waals surface area contributed by atoms with Crippen LogP contribution in [0, 0.1) is 0 Å². The van der Waals surface area contributed by atoms with Gasteiger partial charge in [0.15, 0.2) is 0 Å². The van der Waals surface area contributed by atoms with Crippen molar-refractivity contribution >= 4 is 0 Å². The van der Waals surface area contributed by atoms with Crippen molar-refractivity contribution in [3.8, 4) is 28.7 Å². The van der Waals surface area contributed by atoms with Crippen LogP contribution in [0.2, 0.25) is 0 Å². The second-order valence-electron chi connectivity index (χ2n) is 15.2. The first kappa shape index (κ1) is 47.8. The molecule has 5 rings (SSSR count). The SMILES string of the molecule is OC(COc1ccccc1)CN(CCN(CC(O)COc1ccccc1)CC(O)COc1ccccc1)CCN(CC(O)COc1ccccc1)CC(O)COc1ccccc1. The molecule has 0 aliphatic heterocycles. The highest BCUT2D eigenvalue weighted by atomic mass is 16.5. The predicted octanol–water partition coefficient (Wildman–Crippen LogP) is 4.09. The number of aliphatic hydroxyl groups excluding tert-OH is 5. The number of para-hydroxylation sites is 5. The molecule has 0 aliphatic carbocycles. The number of aliphatic hydroxyl groups is 5. The van der Waals surface area contributed by atoms with Gasteiger partial charge in [-0.1, -0.05) is 91.0 Å². The predicted molar refractivity (Wildman–Crippen MR) is 239 cm³/mol. The Labute approximate surface area is 365 Å². The zero-order valence-electron chi connectivity index (χ0n) is 35.3. The van der Waals surface area contributed by atoms with Crippen molar-refractivity contribution in [1.82, 2.24) is 14.7 Å². The first-order valence-corrected chi connectivity index (χ1v) is 21.2. The largest absolute Gasteiger partial charge is 0.491 e. The lowest BCUT2D eigenvalue weighted by atomic mass is 10.2. The summed E-state index contributed by atoms with van der Waals surface area (Å²) in [6.07, 6.45) is -4.34. The first-order chi connectivity index (χ1) is 30.3. The van der Waals surface area contributed by atoms with Gasteiger partial charge in [-0.3, -0.25) is 14.7 Å². The number of hydrogen-bond donors (Lipinski definition) is 5. The molecule has 13 heteroatoms. The van der Waals surface area contributed by atoms with Crippen LogP contribution < -0.4 is 23.7 Å². The summed E-state index contributed by atoms with van der Waals surface area (Å²) < 4.78 is 29.3. The number of ether oxygens (including phenoxy) is 5. The third-order valence-electron chi connectivity index (χ3n) is 9.74. The van der Waals surface area contributed by atoms with Crippen LogP contribution in [0.4, 0.5) is 0 Å². The number of rotatable bonds is 31. The smallest absolute Gasteiger partial charge is 0.119 e. The molecule has 0 heterocycles. The third-order valence-corrected chi connectivity index (χ3v) is 9.74. The molecule has 0 amide bonds. The van der Waals surface area contributed by atoms with Gasteiger partial charge in [-0.2, -0.15) is 0 Å². The van der Waals surface area contributed by atoms with Gasteiger partial charge in [0, 0.05) is 58.9 Å². The summed E-state index contributed by atoms with van der Waals surface area (Å²) in [5, 5.41) is 55.9. The molecule has 5 unspecified atom stereocenters. The van der Waals surface area contributed by atoms with Crippen molar-refractivity contribution in [1.29, 1.82) is 0 Å². The second kappa shape index (κ2) is 27.7. The molecule has 0 spiro atoms. The maximum Gasteiger partial charge on any atom is 0.119 e. The van der Waals surface area contributed by atoms with Crippen LogP contribution in [0.5, 0.6) is 28.7 Å². The van der Waals surface area contributed by atoms with Gasteiger partial charge in [-0.25, -0.2) is 0 Å². The standard InChI is InChI=1S/C49H63N3O10/c53-40(35-58-45-16-6-1-7-17-45)30-50(26-28-51(31-41(54)36-59-46-18-8-2-9-19-46)32-42(55)37-60-47-20-10-3-11-21-47)27-29-52(33-43(56)38-61-48-22-12-4-13-23-48)34-44(57)39-62-49-24-14-5-15-25-49/h1-25,40-44,53-57H,26-39H2. The Balaban J connectivity index is 1.26. The molecule has 0 bridgehead atoms. The Hall–Kier alpha value is -5.22. The summed E-state index contributed by atoms with van der Waals surface area (Å²) in [5.74, 6) is 3.22. The fourth-order valence-corrected chi connectivity index (χ4v) is 6.67. The van der Waals surface area contributed by atoms with Crippen molar-refractivity contribution in [2.75, 3.05) is 91.9 Å². The van der Waals surface area contributed by atoms with E-state index in [0.717, 1.165) is 0 Å². The molecule has 5 aromatic rings. The van der Waals surface area contributed by atoms with Gasteiger partial charge >= 0.3 is 0 Å². The lowest BCUT2D eigenvalue weighted by Gasteiger charge is -2.33. The summed E-state index contributed by atoms with van der Waals surface area (Å²) in [4.78, 5) is 6.01. The van der Waals surface area contributed by atoms with Crippen LogP contribution in [-0.2, 0) is 0 Å². The zero-order valence-corrected chi connectivity index (χ0v) is 35.3. The molecule has 334 valence electrons. The molecule has 13 nitrogen and oxygen atoms in total. The van der Waals surface area contributed by atoms with E-state index >= 15 is 0 Å². The Morgan fingerprint density at radius 2 is 0.452 bits per heavy atom. The number of nitrogens with zero attached hydrogens (tertiary/aromatic N) is 3. The molecule has 0 fully saturated rings. The zero-order chi connectivity index (χ0) is 43.6. The van der Waals surface area contributed by atoms with Crippen molar-refractivity contribution in [3.63, 3.8) is 0 Å². The van der Waals surface area contributed by atoms with Gasteiger partial charge in [0.25, 0.3) is 0 Å². The van der Waals surface area contributed by atoms with Crippen molar-refractivity contribution in [2.24, 2.45) is 0 Å². The average Bonchev–Trinajstić information content (AvgIpc) is 3.30. The van der Waals surface area contributed by atoms with Gasteiger partial charge < -0.3 is 49.2 Å². The molecular formula is C49H63N3O10. The molecular weight excluding hydrogens is 791 g/mol. The molecule has 0 aromatic heterocycles. The Kier molecular flexibility index (Phi) is 21.3. The summed E-state index contributed by atoms with van der Waals surface area (Å²) in [6, 6.07) is 46.4. The molecule has 5 atom stereocenters. The summed E-state index contributed by atoms with van der Waals surface area (Å²) in [7, 11) is 0. The summed E-state index contributed by atoms with van der Waals surface area (Å²) >= 11 is 0. The quantitative estimate of drug-likeness (QED) is 0.0435. The van der Waals surface area contributed by atoms with E-state index in [2.05, 4.69) is 4.90 Å². The van der Waals surface area contributed by atoms with Crippen LogP contribution in [0.3, 0.4) is 0 Å². The van der Waals surface area contributed by atoms with E-state index < -0.39 is 30.5 Å². The normalized spacial score (nSPS) is 13.9. The molecule has 0 radical (unpaired) electrons. The van der Waals surface area contributed by atoms with E-state index in [-0.39, 0.29) is 65.8 Å². The molecule has 0 saturated heterocycles. The molecule has 5 aromatic carbocycles. The van der Waals surface area contributed by atoms with Gasteiger partial charge in [0.2, 0.25) is 0 Å². The van der Waals surface area contributed by atoms with Crippen LogP contribution >= 0.6 is 0 Å². The van der Waals surface area contributed by atoms with Gasteiger partial charge in [-0.15, -0.1) is 0 Å². The summed E-state index contributed by atoms with van der Waals surface area (Å²) in [6.45, 7) is 3.04. The Morgan fingerprint density at radius 3 is 0.661 bits per heavy atom. The monoisotopic (exact) mass is 853 g/mol. The van der Waals surface area contributed by atoms with Gasteiger partial charge in [0.1, 0.15) is 92.3 Å². The minimum Gasteiger partial charge on any atom is -0.491 e. The highest BCUT2D eigenvalue weighted by molar-refractivity contribution is 5.23. The second-order valence-corrected chi connectivity index (χ2v) is 15.2. The van der Waals surface area contributed by atoms with Gasteiger partial charge in [0.05, 0.1) is 0 Å². The van der Waals surface area contributed by atoms with E-state index in [1.165, 1.54) is 0 Å². The Morgan fingerprint density at radius 1 is 0.274 bits per heavy atom. The summed E-state index contributed by atoms with van der Waals surface area (Å²) in [5.41, 5.74) is 0. The maximum absolute atomic E-state index is 11.3. The van der Waals surface area contributed by atoms with Crippen LogP contribution in [-0.4, -0.2) is 163 Å². The lowest BCUT2D eigenvalue weighted by molar-refractivity contribution is 0.0142. The Bertz CT molecular complexity index is 1640. The average molecular weight is 854 g/mol. The highest BCUT2D eigenvalue weighted by Crippen LogP contribution is 2.14. The van der Waals surface area contributed by atoms with E-state index in [1.54, 1.807) is 0 Å². The lowest BCUT2D eigenvalue weighted by Crippen LogP contribution is -2.49. The minimum atomic E-state index is -0.870. The van der Waals surface area contributed by atoms with Crippen molar-refractivity contribution in [3.05, 3.63) is 152 Å². The van der Waals surface area contributed by atoms with Crippen LogP contribution in [0.25, 0.3) is 0 Å². The third kappa shape index (κ3) is 19.7. The van der Waals surface area contributed by atoms with Crippen LogP contribution in [0.1, 0.15) is 0 Å². The van der Waals surface area contributed by atoms with Crippen LogP contribution in [0.15, 0.2) is 152 Å². The minimum absolute atomic E-state index is 0.0535. The molecule has 0 saturated carbocycles. The molecule has 62 heavy (non-hydrogen) atoms. The highest BCUT2D eigenvalue weighted by Gasteiger charge is 2.22. The van der Waals surface area contributed by atoms with Crippen molar-refractivity contribution < 1.29 is 49.2 Å². The number of hydrogen-bond acceptors (Lipinski definition) is 13. The fourth-order valence-electron chi connectivity index (χ4n) is 6.67. The molecule has 0 aliphatic rings. The molecule has 5 N–H and O–H groups in total.